The Morgan fingerprint density at radius 1 is 1.57 bits per heavy atom. The summed E-state index contributed by atoms with van der Waals surface area (Å²) >= 11 is 3.25. The molecule has 0 bridgehead atoms. The second kappa shape index (κ2) is 3.99. The fraction of sp³-hybridized carbons (Fsp3) is 0.455. The fourth-order valence-electron chi connectivity index (χ4n) is 1.53. The van der Waals surface area contributed by atoms with Gasteiger partial charge in [-0.2, -0.15) is 0 Å². The first-order chi connectivity index (χ1) is 6.68. The lowest BCUT2D eigenvalue weighted by Gasteiger charge is -2.06. The van der Waals surface area contributed by atoms with E-state index in [-0.39, 0.29) is 5.82 Å². The molecule has 76 valence electrons. The summed E-state index contributed by atoms with van der Waals surface area (Å²) in [5.74, 6) is 0.593. The van der Waals surface area contributed by atoms with Crippen molar-refractivity contribution in [1.29, 1.82) is 0 Å². The van der Waals surface area contributed by atoms with Crippen molar-refractivity contribution < 1.29 is 4.39 Å². The molecule has 2 unspecified atom stereocenters. The van der Waals surface area contributed by atoms with Gasteiger partial charge in [0, 0.05) is 12.6 Å². The summed E-state index contributed by atoms with van der Waals surface area (Å²) in [5.41, 5.74) is 0.990. The maximum absolute atomic E-state index is 13.1. The Hall–Kier alpha value is -0.410. The zero-order valence-electron chi connectivity index (χ0n) is 8.06. The minimum absolute atomic E-state index is 0.187. The quantitative estimate of drug-likeness (QED) is 0.878. The van der Waals surface area contributed by atoms with Gasteiger partial charge in [-0.25, -0.2) is 4.39 Å². The van der Waals surface area contributed by atoms with Crippen LogP contribution in [0.15, 0.2) is 22.7 Å². The topological polar surface area (TPSA) is 12.0 Å². The third-order valence-corrected chi connectivity index (χ3v) is 3.58. The van der Waals surface area contributed by atoms with Gasteiger partial charge in [0.25, 0.3) is 0 Å². The lowest BCUT2D eigenvalue weighted by atomic mass is 10.2. The Labute approximate surface area is 91.8 Å². The van der Waals surface area contributed by atoms with E-state index in [0.29, 0.717) is 10.5 Å². The van der Waals surface area contributed by atoms with Crippen LogP contribution < -0.4 is 5.32 Å². The third-order valence-electron chi connectivity index (χ3n) is 2.70. The van der Waals surface area contributed by atoms with Gasteiger partial charge in [-0.3, -0.25) is 0 Å². The van der Waals surface area contributed by atoms with Crippen LogP contribution in [0.3, 0.4) is 0 Å². The predicted octanol–water partition coefficient (Wildman–Crippen LogP) is 3.09. The number of rotatable bonds is 3. The molecule has 1 aliphatic carbocycles. The molecule has 1 N–H and O–H groups in total. The molecule has 14 heavy (non-hydrogen) atoms. The minimum atomic E-state index is -0.187. The van der Waals surface area contributed by atoms with Gasteiger partial charge in [0.1, 0.15) is 5.82 Å². The summed E-state index contributed by atoms with van der Waals surface area (Å²) in [6.45, 7) is 2.96. The van der Waals surface area contributed by atoms with E-state index in [9.17, 15) is 4.39 Å². The summed E-state index contributed by atoms with van der Waals surface area (Å²) in [7, 11) is 0. The highest BCUT2D eigenvalue weighted by Gasteiger charge is 2.31. The van der Waals surface area contributed by atoms with Crippen molar-refractivity contribution in [1.82, 2.24) is 5.32 Å². The number of hydrogen-bond acceptors (Lipinski definition) is 1. The fourth-order valence-corrected chi connectivity index (χ4v) is 1.94. The highest BCUT2D eigenvalue weighted by molar-refractivity contribution is 9.10. The molecule has 2 rings (SSSR count). The summed E-state index contributed by atoms with van der Waals surface area (Å²) in [6.07, 6.45) is 1.24. The molecule has 1 saturated carbocycles. The molecule has 0 aromatic heterocycles. The lowest BCUT2D eigenvalue weighted by molar-refractivity contribution is 0.608. The number of benzene rings is 1. The first kappa shape index (κ1) is 10.1. The van der Waals surface area contributed by atoms with E-state index in [1.807, 2.05) is 6.07 Å². The Morgan fingerprint density at radius 2 is 2.29 bits per heavy atom. The molecule has 0 heterocycles. The first-order valence-electron chi connectivity index (χ1n) is 4.84. The Kier molecular flexibility index (Phi) is 2.88. The van der Waals surface area contributed by atoms with Crippen LogP contribution in [0.4, 0.5) is 4.39 Å². The number of halogens is 2. The van der Waals surface area contributed by atoms with Gasteiger partial charge in [0.2, 0.25) is 0 Å². The van der Waals surface area contributed by atoms with E-state index in [0.717, 1.165) is 18.0 Å². The molecule has 1 aromatic carbocycles. The minimum Gasteiger partial charge on any atom is -0.310 e. The zero-order valence-corrected chi connectivity index (χ0v) is 9.64. The van der Waals surface area contributed by atoms with Crippen LogP contribution in [0.25, 0.3) is 0 Å². The van der Waals surface area contributed by atoms with Gasteiger partial charge in [-0.1, -0.05) is 19.1 Å². The van der Waals surface area contributed by atoms with Crippen molar-refractivity contribution >= 4 is 15.9 Å². The molecule has 1 aliphatic rings. The van der Waals surface area contributed by atoms with Gasteiger partial charge >= 0.3 is 0 Å². The zero-order chi connectivity index (χ0) is 10.1. The maximum Gasteiger partial charge on any atom is 0.137 e. The van der Waals surface area contributed by atoms with E-state index in [1.54, 1.807) is 6.07 Å². The monoisotopic (exact) mass is 257 g/mol. The molecule has 0 saturated heterocycles. The standard InChI is InChI=1S/C11H13BrFN/c1-7-5-10(7)14-6-8-3-2-4-9(13)11(8)12/h2-4,7,10,14H,5-6H2,1H3. The van der Waals surface area contributed by atoms with E-state index in [4.69, 9.17) is 0 Å². The van der Waals surface area contributed by atoms with Crippen LogP contribution in [0.1, 0.15) is 18.9 Å². The second-order valence-corrected chi connectivity index (χ2v) is 4.71. The van der Waals surface area contributed by atoms with Crippen LogP contribution in [0.2, 0.25) is 0 Å². The van der Waals surface area contributed by atoms with Crippen molar-refractivity contribution in [2.24, 2.45) is 5.92 Å². The van der Waals surface area contributed by atoms with E-state index < -0.39 is 0 Å². The van der Waals surface area contributed by atoms with Crippen LogP contribution in [0.5, 0.6) is 0 Å². The Bertz CT molecular complexity index is 340. The van der Waals surface area contributed by atoms with E-state index in [1.165, 1.54) is 12.5 Å². The largest absolute Gasteiger partial charge is 0.310 e. The summed E-state index contributed by atoms with van der Waals surface area (Å²) in [6, 6.07) is 5.78. The summed E-state index contributed by atoms with van der Waals surface area (Å²) in [5, 5.41) is 3.39. The lowest BCUT2D eigenvalue weighted by Crippen LogP contribution is -2.17. The van der Waals surface area contributed by atoms with Gasteiger partial charge in [-0.05, 0) is 39.9 Å². The van der Waals surface area contributed by atoms with Crippen LogP contribution >= 0.6 is 15.9 Å². The number of nitrogens with one attached hydrogen (secondary N) is 1. The van der Waals surface area contributed by atoms with Crippen molar-refractivity contribution in [2.45, 2.75) is 25.9 Å². The van der Waals surface area contributed by atoms with Crippen molar-refractivity contribution in [3.63, 3.8) is 0 Å². The average Bonchev–Trinajstić information content (AvgIpc) is 2.85. The Morgan fingerprint density at radius 3 is 2.93 bits per heavy atom. The van der Waals surface area contributed by atoms with Crippen molar-refractivity contribution in [3.05, 3.63) is 34.1 Å². The summed E-state index contributed by atoms with van der Waals surface area (Å²) in [4.78, 5) is 0. The molecular weight excluding hydrogens is 245 g/mol. The third kappa shape index (κ3) is 2.15. The molecule has 0 aliphatic heterocycles. The van der Waals surface area contributed by atoms with Gasteiger partial charge in [0.15, 0.2) is 0 Å². The molecule has 1 aromatic rings. The highest BCUT2D eigenvalue weighted by atomic mass is 79.9. The van der Waals surface area contributed by atoms with E-state index >= 15 is 0 Å². The summed E-state index contributed by atoms with van der Waals surface area (Å²) < 4.78 is 13.7. The molecule has 1 nitrogen and oxygen atoms in total. The first-order valence-corrected chi connectivity index (χ1v) is 5.64. The van der Waals surface area contributed by atoms with Crippen molar-refractivity contribution in [3.8, 4) is 0 Å². The van der Waals surface area contributed by atoms with E-state index in [2.05, 4.69) is 28.2 Å². The highest BCUT2D eigenvalue weighted by Crippen LogP contribution is 2.30. The number of hydrogen-bond donors (Lipinski definition) is 1. The second-order valence-electron chi connectivity index (χ2n) is 3.91. The molecule has 0 amide bonds. The van der Waals surface area contributed by atoms with Gasteiger partial charge < -0.3 is 5.32 Å². The van der Waals surface area contributed by atoms with Crippen LogP contribution in [-0.4, -0.2) is 6.04 Å². The predicted molar refractivity (Wildman–Crippen MR) is 58.5 cm³/mol. The molecule has 1 fully saturated rings. The smallest absolute Gasteiger partial charge is 0.137 e. The van der Waals surface area contributed by atoms with Gasteiger partial charge in [0.05, 0.1) is 4.47 Å². The van der Waals surface area contributed by atoms with Crippen LogP contribution in [-0.2, 0) is 6.54 Å². The molecule has 0 spiro atoms. The Balaban J connectivity index is 1.98. The normalized spacial score (nSPS) is 25.1. The average molecular weight is 258 g/mol. The molecular formula is C11H13BrFN. The molecule has 0 radical (unpaired) electrons. The molecule has 3 heteroatoms. The maximum atomic E-state index is 13.1. The van der Waals surface area contributed by atoms with Crippen LogP contribution in [0, 0.1) is 11.7 Å². The SMILES string of the molecule is CC1CC1NCc1cccc(F)c1Br. The van der Waals surface area contributed by atoms with Gasteiger partial charge in [-0.15, -0.1) is 0 Å². The molecule has 2 atom stereocenters. The van der Waals surface area contributed by atoms with Crippen molar-refractivity contribution in [2.75, 3.05) is 0 Å².